The summed E-state index contributed by atoms with van der Waals surface area (Å²) in [7, 11) is 2.01. The molecule has 0 amide bonds. The van der Waals surface area contributed by atoms with Crippen LogP contribution >= 0.6 is 0 Å². The molecule has 0 radical (unpaired) electrons. The fraction of sp³-hybridized carbons (Fsp3) is 0.630. The third-order valence-electron chi connectivity index (χ3n) is 6.90. The lowest BCUT2D eigenvalue weighted by Crippen LogP contribution is -2.43. The second-order valence-corrected chi connectivity index (χ2v) is 10.3. The number of nitrogens with one attached hydrogen (secondary N) is 3. The number of aryl methyl sites for hydroxylation is 1. The van der Waals surface area contributed by atoms with E-state index in [1.165, 1.54) is 24.6 Å². The first-order chi connectivity index (χ1) is 16.7. The number of benzene rings is 1. The van der Waals surface area contributed by atoms with E-state index in [1.807, 2.05) is 38.2 Å². The van der Waals surface area contributed by atoms with Crippen molar-refractivity contribution in [2.45, 2.75) is 85.2 Å². The standard InChI is InChI=1S/C21H30N6O2.C6H14/c1-15-6-4-5-7-17(15)13-24-20-25-14-18(27(28)29)19(26-20)23-12-16-8-10-21(2,22-3)11-9-16;1-4-5-6(2)3/h4-7,14,16,22H,8-13H2,1-3H3,(H2,23,24,25,26);6H,4-5H2,1-3H3. The minimum Gasteiger partial charge on any atom is -0.364 e. The van der Waals surface area contributed by atoms with Crippen molar-refractivity contribution in [3.63, 3.8) is 0 Å². The minimum absolute atomic E-state index is 0.0951. The average molecular weight is 485 g/mol. The van der Waals surface area contributed by atoms with E-state index < -0.39 is 4.92 Å². The summed E-state index contributed by atoms with van der Waals surface area (Å²) >= 11 is 0. The molecule has 35 heavy (non-hydrogen) atoms. The average Bonchev–Trinajstić information content (AvgIpc) is 2.83. The lowest BCUT2D eigenvalue weighted by Gasteiger charge is -2.37. The molecule has 2 aromatic rings. The number of hydrogen-bond acceptors (Lipinski definition) is 7. The number of aromatic nitrogens is 2. The first-order valence-electron chi connectivity index (χ1n) is 12.9. The second-order valence-electron chi connectivity index (χ2n) is 10.3. The molecule has 1 aliphatic carbocycles. The molecular weight excluding hydrogens is 440 g/mol. The first kappa shape index (κ1) is 28.5. The van der Waals surface area contributed by atoms with Crippen molar-refractivity contribution in [3.8, 4) is 0 Å². The molecule has 1 fully saturated rings. The second kappa shape index (κ2) is 14.0. The van der Waals surface area contributed by atoms with E-state index in [9.17, 15) is 10.1 Å². The molecule has 3 N–H and O–H groups in total. The Morgan fingerprint density at radius 2 is 1.89 bits per heavy atom. The van der Waals surface area contributed by atoms with Gasteiger partial charge >= 0.3 is 5.69 Å². The molecule has 1 aromatic heterocycles. The van der Waals surface area contributed by atoms with Gasteiger partial charge in [-0.05, 0) is 69.5 Å². The zero-order valence-corrected chi connectivity index (χ0v) is 22.4. The molecule has 194 valence electrons. The van der Waals surface area contributed by atoms with Crippen LogP contribution in [0, 0.1) is 28.9 Å². The molecular formula is C27H44N6O2. The normalized spacial score (nSPS) is 19.6. The molecule has 0 aliphatic heterocycles. The summed E-state index contributed by atoms with van der Waals surface area (Å²) in [5, 5.41) is 21.2. The van der Waals surface area contributed by atoms with E-state index in [0.29, 0.717) is 25.0 Å². The highest BCUT2D eigenvalue weighted by molar-refractivity contribution is 5.57. The third kappa shape index (κ3) is 9.43. The summed E-state index contributed by atoms with van der Waals surface area (Å²) in [6, 6.07) is 8.06. The van der Waals surface area contributed by atoms with E-state index in [1.54, 1.807) is 0 Å². The van der Waals surface area contributed by atoms with Crippen LogP contribution in [0.15, 0.2) is 30.5 Å². The van der Waals surface area contributed by atoms with Crippen LogP contribution < -0.4 is 16.0 Å². The van der Waals surface area contributed by atoms with Crippen molar-refractivity contribution in [1.82, 2.24) is 15.3 Å². The van der Waals surface area contributed by atoms with Gasteiger partial charge < -0.3 is 16.0 Å². The van der Waals surface area contributed by atoms with E-state index in [4.69, 9.17) is 0 Å². The number of hydrogen-bond donors (Lipinski definition) is 3. The van der Waals surface area contributed by atoms with Crippen molar-refractivity contribution < 1.29 is 4.92 Å². The van der Waals surface area contributed by atoms with Gasteiger partial charge in [0.25, 0.3) is 0 Å². The van der Waals surface area contributed by atoms with Gasteiger partial charge in [0.2, 0.25) is 11.8 Å². The van der Waals surface area contributed by atoms with E-state index in [0.717, 1.165) is 37.2 Å². The fourth-order valence-corrected chi connectivity index (χ4v) is 4.29. The van der Waals surface area contributed by atoms with Crippen LogP contribution in [-0.2, 0) is 6.54 Å². The number of nitrogens with zero attached hydrogens (tertiary/aromatic N) is 3. The van der Waals surface area contributed by atoms with E-state index in [2.05, 4.69) is 53.6 Å². The molecule has 0 spiro atoms. The predicted molar refractivity (Wildman–Crippen MR) is 145 cm³/mol. The maximum atomic E-state index is 11.4. The molecule has 0 bridgehead atoms. The van der Waals surface area contributed by atoms with Crippen LogP contribution in [0.3, 0.4) is 0 Å². The van der Waals surface area contributed by atoms with Crippen molar-refractivity contribution in [3.05, 3.63) is 51.7 Å². The molecule has 1 heterocycles. The summed E-state index contributed by atoms with van der Waals surface area (Å²) in [6.45, 7) is 12.3. The molecule has 3 rings (SSSR count). The lowest BCUT2D eigenvalue weighted by atomic mass is 9.78. The van der Waals surface area contributed by atoms with E-state index in [-0.39, 0.29) is 17.0 Å². The van der Waals surface area contributed by atoms with Gasteiger partial charge in [0.05, 0.1) is 4.92 Å². The Morgan fingerprint density at radius 3 is 2.43 bits per heavy atom. The van der Waals surface area contributed by atoms with Gasteiger partial charge in [-0.2, -0.15) is 4.98 Å². The summed E-state index contributed by atoms with van der Waals surface area (Å²) in [4.78, 5) is 19.4. The summed E-state index contributed by atoms with van der Waals surface area (Å²) in [5.41, 5.74) is 2.41. The fourth-order valence-electron chi connectivity index (χ4n) is 4.29. The van der Waals surface area contributed by atoms with Gasteiger partial charge in [0.15, 0.2) is 0 Å². The van der Waals surface area contributed by atoms with Gasteiger partial charge in [0, 0.05) is 18.6 Å². The smallest absolute Gasteiger partial charge is 0.329 e. The summed E-state index contributed by atoms with van der Waals surface area (Å²) in [5.74, 6) is 2.04. The quantitative estimate of drug-likeness (QED) is 0.267. The van der Waals surface area contributed by atoms with Gasteiger partial charge in [-0.3, -0.25) is 10.1 Å². The minimum atomic E-state index is -0.438. The first-order valence-corrected chi connectivity index (χ1v) is 12.9. The molecule has 0 unspecified atom stereocenters. The zero-order valence-electron chi connectivity index (χ0n) is 22.4. The highest BCUT2D eigenvalue weighted by Crippen LogP contribution is 2.32. The molecule has 8 heteroatoms. The Hall–Kier alpha value is -2.74. The van der Waals surface area contributed by atoms with Crippen molar-refractivity contribution in [2.75, 3.05) is 24.2 Å². The largest absolute Gasteiger partial charge is 0.364 e. The molecule has 0 atom stereocenters. The van der Waals surface area contributed by atoms with Crippen LogP contribution in [-0.4, -0.2) is 34.0 Å². The van der Waals surface area contributed by atoms with Crippen molar-refractivity contribution in [1.29, 1.82) is 0 Å². The Morgan fingerprint density at radius 1 is 1.20 bits per heavy atom. The number of rotatable bonds is 10. The van der Waals surface area contributed by atoms with Gasteiger partial charge in [-0.25, -0.2) is 4.98 Å². The lowest BCUT2D eigenvalue weighted by molar-refractivity contribution is -0.384. The van der Waals surface area contributed by atoms with Crippen LogP contribution in [0.2, 0.25) is 0 Å². The Bertz CT molecular complexity index is 926. The van der Waals surface area contributed by atoms with Gasteiger partial charge in [-0.1, -0.05) is 57.9 Å². The summed E-state index contributed by atoms with van der Waals surface area (Å²) in [6.07, 6.45) is 8.35. The maximum Gasteiger partial charge on any atom is 0.329 e. The maximum absolute atomic E-state index is 11.4. The van der Waals surface area contributed by atoms with Gasteiger partial charge in [0.1, 0.15) is 6.20 Å². The molecule has 8 nitrogen and oxygen atoms in total. The van der Waals surface area contributed by atoms with Crippen molar-refractivity contribution in [2.24, 2.45) is 11.8 Å². The van der Waals surface area contributed by atoms with E-state index >= 15 is 0 Å². The SMILES string of the molecule is CCCC(C)C.CNC1(C)CCC(CNc2nc(NCc3ccccc3C)ncc2[N+](=O)[O-])CC1. The molecule has 1 saturated carbocycles. The van der Waals surface area contributed by atoms with Crippen LogP contribution in [0.5, 0.6) is 0 Å². The van der Waals surface area contributed by atoms with Crippen LogP contribution in [0.25, 0.3) is 0 Å². The Kier molecular flexibility index (Phi) is 11.4. The molecule has 1 aliphatic rings. The topological polar surface area (TPSA) is 105 Å². The molecule has 0 saturated heterocycles. The number of anilines is 2. The molecule has 1 aromatic carbocycles. The summed E-state index contributed by atoms with van der Waals surface area (Å²) < 4.78 is 0. The third-order valence-corrected chi connectivity index (χ3v) is 6.90. The zero-order chi connectivity index (χ0) is 25.8. The van der Waals surface area contributed by atoms with Crippen LogP contribution in [0.4, 0.5) is 17.5 Å². The van der Waals surface area contributed by atoms with Gasteiger partial charge in [-0.15, -0.1) is 0 Å². The van der Waals surface area contributed by atoms with Crippen molar-refractivity contribution >= 4 is 17.5 Å². The monoisotopic (exact) mass is 484 g/mol. The van der Waals surface area contributed by atoms with Crippen LogP contribution in [0.1, 0.15) is 77.3 Å². The highest BCUT2D eigenvalue weighted by atomic mass is 16.6. The number of nitro groups is 1. The predicted octanol–water partition coefficient (Wildman–Crippen LogP) is 6.33. The Balaban J connectivity index is 0.000000641. The Labute approximate surface area is 210 Å². The highest BCUT2D eigenvalue weighted by Gasteiger charge is 2.29.